The Bertz CT molecular complexity index is 308. The molecule has 0 saturated carbocycles. The molecule has 4 N–H and O–H groups in total. The van der Waals surface area contributed by atoms with Crippen molar-refractivity contribution in [3.05, 3.63) is 28.8 Å². The van der Waals surface area contributed by atoms with Crippen molar-refractivity contribution >= 4 is 11.6 Å². The quantitative estimate of drug-likeness (QED) is 0.607. The van der Waals surface area contributed by atoms with E-state index in [1.807, 2.05) is 13.8 Å². The van der Waals surface area contributed by atoms with Gasteiger partial charge in [-0.25, -0.2) is 0 Å². The van der Waals surface area contributed by atoms with Crippen molar-refractivity contribution in [2.75, 3.05) is 5.73 Å². The van der Waals surface area contributed by atoms with Gasteiger partial charge in [-0.3, -0.25) is 4.79 Å². The molecule has 0 unspecified atom stereocenters. The van der Waals surface area contributed by atoms with Gasteiger partial charge in [-0.2, -0.15) is 0 Å². The van der Waals surface area contributed by atoms with Crippen LogP contribution in [-0.4, -0.2) is 5.91 Å². The lowest BCUT2D eigenvalue weighted by atomic mass is 10.0. The van der Waals surface area contributed by atoms with Crippen molar-refractivity contribution < 1.29 is 4.79 Å². The Labute approximate surface area is 71.4 Å². The Morgan fingerprint density at radius 2 is 1.67 bits per heavy atom. The molecular formula is C9H12N2O. The minimum absolute atomic E-state index is 0.416. The molecule has 0 aromatic heterocycles. The molecule has 0 aliphatic heterocycles. The number of hydrogen-bond acceptors (Lipinski definition) is 2. The molecule has 0 aliphatic rings. The van der Waals surface area contributed by atoms with E-state index in [2.05, 4.69) is 0 Å². The van der Waals surface area contributed by atoms with E-state index in [1.54, 1.807) is 12.1 Å². The van der Waals surface area contributed by atoms with Gasteiger partial charge in [-0.05, 0) is 37.1 Å². The average molecular weight is 164 g/mol. The van der Waals surface area contributed by atoms with Crippen molar-refractivity contribution in [2.24, 2.45) is 5.73 Å². The minimum Gasteiger partial charge on any atom is -0.398 e. The van der Waals surface area contributed by atoms with Crippen LogP contribution in [0.3, 0.4) is 0 Å². The van der Waals surface area contributed by atoms with Gasteiger partial charge in [0.05, 0.1) is 0 Å². The number of nitrogens with two attached hydrogens (primary N) is 2. The molecule has 3 nitrogen and oxygen atoms in total. The van der Waals surface area contributed by atoms with Crippen LogP contribution in [0.15, 0.2) is 12.1 Å². The summed E-state index contributed by atoms with van der Waals surface area (Å²) in [5.41, 5.74) is 13.8. The van der Waals surface area contributed by atoms with Crippen LogP contribution in [0.5, 0.6) is 0 Å². The highest BCUT2D eigenvalue weighted by Gasteiger charge is 2.04. The molecule has 12 heavy (non-hydrogen) atoms. The molecule has 1 amide bonds. The number of carbonyl (C=O) groups is 1. The Morgan fingerprint density at radius 3 is 2.00 bits per heavy atom. The standard InChI is InChI=1S/C9H12N2O/c1-5-3-7(9(11)12)4-6(2)8(5)10/h3-4H,10H2,1-2H3,(H2,11,12). The molecule has 1 aromatic rings. The maximum absolute atomic E-state index is 10.8. The summed E-state index contributed by atoms with van der Waals surface area (Å²) in [6.45, 7) is 3.71. The molecule has 0 atom stereocenters. The Kier molecular flexibility index (Phi) is 2.04. The van der Waals surface area contributed by atoms with Gasteiger partial charge < -0.3 is 11.5 Å². The van der Waals surface area contributed by atoms with E-state index in [4.69, 9.17) is 11.5 Å². The summed E-state index contributed by atoms with van der Waals surface area (Å²) in [6.07, 6.45) is 0. The Balaban J connectivity index is 3.31. The zero-order chi connectivity index (χ0) is 9.30. The zero-order valence-electron chi connectivity index (χ0n) is 7.22. The van der Waals surface area contributed by atoms with Crippen LogP contribution >= 0.6 is 0 Å². The van der Waals surface area contributed by atoms with Crippen molar-refractivity contribution in [3.63, 3.8) is 0 Å². The summed E-state index contributed by atoms with van der Waals surface area (Å²) in [4.78, 5) is 10.8. The van der Waals surface area contributed by atoms with Gasteiger partial charge in [-0.15, -0.1) is 0 Å². The second kappa shape index (κ2) is 2.85. The van der Waals surface area contributed by atoms with Crippen LogP contribution in [0.25, 0.3) is 0 Å². The second-order valence-corrected chi connectivity index (χ2v) is 2.89. The predicted octanol–water partition coefficient (Wildman–Crippen LogP) is 0.985. The van der Waals surface area contributed by atoms with Crippen molar-refractivity contribution in [2.45, 2.75) is 13.8 Å². The van der Waals surface area contributed by atoms with Crippen LogP contribution in [-0.2, 0) is 0 Å². The molecular weight excluding hydrogens is 152 g/mol. The highest BCUT2D eigenvalue weighted by Crippen LogP contribution is 2.17. The van der Waals surface area contributed by atoms with E-state index in [0.717, 1.165) is 16.8 Å². The normalized spacial score (nSPS) is 9.83. The first kappa shape index (κ1) is 8.59. The first-order valence-corrected chi connectivity index (χ1v) is 3.69. The van der Waals surface area contributed by atoms with E-state index < -0.39 is 5.91 Å². The summed E-state index contributed by atoms with van der Waals surface area (Å²) < 4.78 is 0. The van der Waals surface area contributed by atoms with Crippen LogP contribution in [0.4, 0.5) is 5.69 Å². The summed E-state index contributed by atoms with van der Waals surface area (Å²) >= 11 is 0. The smallest absolute Gasteiger partial charge is 0.248 e. The maximum atomic E-state index is 10.8. The third-order valence-electron chi connectivity index (χ3n) is 1.88. The molecule has 0 heterocycles. The predicted molar refractivity (Wildman–Crippen MR) is 48.8 cm³/mol. The van der Waals surface area contributed by atoms with Crippen LogP contribution in [0.2, 0.25) is 0 Å². The van der Waals surface area contributed by atoms with Crippen LogP contribution < -0.4 is 11.5 Å². The number of nitrogen functional groups attached to an aromatic ring is 1. The van der Waals surface area contributed by atoms with Gasteiger partial charge in [0.1, 0.15) is 0 Å². The minimum atomic E-state index is -0.416. The summed E-state index contributed by atoms with van der Waals surface area (Å²) in [5, 5.41) is 0. The number of anilines is 1. The van der Waals surface area contributed by atoms with Gasteiger partial charge in [0.25, 0.3) is 0 Å². The molecule has 3 heteroatoms. The lowest BCUT2D eigenvalue weighted by Gasteiger charge is -2.05. The highest BCUT2D eigenvalue weighted by atomic mass is 16.1. The van der Waals surface area contributed by atoms with Crippen molar-refractivity contribution in [1.82, 2.24) is 0 Å². The number of rotatable bonds is 1. The lowest BCUT2D eigenvalue weighted by Crippen LogP contribution is -2.12. The van der Waals surface area contributed by atoms with Crippen molar-refractivity contribution in [3.8, 4) is 0 Å². The monoisotopic (exact) mass is 164 g/mol. The fraction of sp³-hybridized carbons (Fsp3) is 0.222. The van der Waals surface area contributed by atoms with Crippen LogP contribution in [0.1, 0.15) is 21.5 Å². The topological polar surface area (TPSA) is 69.1 Å². The van der Waals surface area contributed by atoms with Crippen molar-refractivity contribution in [1.29, 1.82) is 0 Å². The molecule has 0 radical (unpaired) electrons. The number of aryl methyl sites for hydroxylation is 2. The average Bonchev–Trinajstić information content (AvgIpc) is 1.99. The van der Waals surface area contributed by atoms with E-state index in [0.29, 0.717) is 5.56 Å². The van der Waals surface area contributed by atoms with E-state index in [1.165, 1.54) is 0 Å². The number of carbonyl (C=O) groups excluding carboxylic acids is 1. The number of benzene rings is 1. The fourth-order valence-corrected chi connectivity index (χ4v) is 1.12. The van der Waals surface area contributed by atoms with Gasteiger partial charge in [0, 0.05) is 11.3 Å². The molecule has 64 valence electrons. The van der Waals surface area contributed by atoms with E-state index in [9.17, 15) is 4.79 Å². The summed E-state index contributed by atoms with van der Waals surface area (Å²) in [6, 6.07) is 3.40. The zero-order valence-corrected chi connectivity index (χ0v) is 7.22. The molecule has 0 aliphatic carbocycles. The van der Waals surface area contributed by atoms with E-state index >= 15 is 0 Å². The first-order valence-electron chi connectivity index (χ1n) is 3.69. The molecule has 0 spiro atoms. The van der Waals surface area contributed by atoms with Crippen LogP contribution in [0, 0.1) is 13.8 Å². The molecule has 1 aromatic carbocycles. The van der Waals surface area contributed by atoms with E-state index in [-0.39, 0.29) is 0 Å². The first-order chi connectivity index (χ1) is 5.52. The van der Waals surface area contributed by atoms with Gasteiger partial charge in [0.2, 0.25) is 5.91 Å². The molecule has 0 fully saturated rings. The fourth-order valence-electron chi connectivity index (χ4n) is 1.12. The maximum Gasteiger partial charge on any atom is 0.248 e. The third-order valence-corrected chi connectivity index (χ3v) is 1.88. The van der Waals surface area contributed by atoms with Gasteiger partial charge >= 0.3 is 0 Å². The molecule has 0 bridgehead atoms. The molecule has 1 rings (SSSR count). The Hall–Kier alpha value is -1.51. The third kappa shape index (κ3) is 1.39. The summed E-state index contributed by atoms with van der Waals surface area (Å²) in [7, 11) is 0. The lowest BCUT2D eigenvalue weighted by molar-refractivity contribution is 0.1000. The molecule has 0 saturated heterocycles. The SMILES string of the molecule is Cc1cc(C(N)=O)cc(C)c1N. The van der Waals surface area contributed by atoms with Gasteiger partial charge in [0.15, 0.2) is 0 Å². The number of hydrogen-bond donors (Lipinski definition) is 2. The Morgan fingerprint density at radius 1 is 1.25 bits per heavy atom. The second-order valence-electron chi connectivity index (χ2n) is 2.89. The number of amides is 1. The largest absolute Gasteiger partial charge is 0.398 e. The highest BCUT2D eigenvalue weighted by molar-refractivity contribution is 5.93. The number of primary amides is 1. The van der Waals surface area contributed by atoms with Gasteiger partial charge in [-0.1, -0.05) is 0 Å². The summed E-state index contributed by atoms with van der Waals surface area (Å²) in [5.74, 6) is -0.416.